The molecule has 3 heterocycles. The highest BCUT2D eigenvalue weighted by molar-refractivity contribution is 6.14. The molecule has 0 bridgehead atoms. The fraction of sp³-hybridized carbons (Fsp3) is 0. The average molecular weight is 789 g/mol. The van der Waals surface area contributed by atoms with Crippen LogP contribution in [-0.4, -0.2) is 19.1 Å². The van der Waals surface area contributed by atoms with Gasteiger partial charge in [0.05, 0.1) is 33.3 Å². The van der Waals surface area contributed by atoms with Crippen molar-refractivity contribution in [3.05, 3.63) is 218 Å². The number of para-hydroxylation sites is 3. The van der Waals surface area contributed by atoms with Gasteiger partial charge in [0.2, 0.25) is 5.95 Å². The van der Waals surface area contributed by atoms with E-state index in [9.17, 15) is 0 Å². The SMILES string of the molecule is c1ccc(-c2cccc3cccc(-c4ccc(-c5nc(-n6c7ccccc7c7cc(-n8c9ccccc9c9ccccc98)ccc76)nc6c5ccc5ccccc56)cc4)c23)cc1. The summed E-state index contributed by atoms with van der Waals surface area (Å²) in [5.74, 6) is 0.644. The molecule has 0 unspecified atom stereocenters. The van der Waals surface area contributed by atoms with Gasteiger partial charge in [0.25, 0.3) is 0 Å². The van der Waals surface area contributed by atoms with E-state index in [2.05, 4.69) is 228 Å². The molecule has 4 heteroatoms. The van der Waals surface area contributed by atoms with Crippen LogP contribution in [0.5, 0.6) is 0 Å². The second-order valence-electron chi connectivity index (χ2n) is 16.1. The highest BCUT2D eigenvalue weighted by atomic mass is 15.2. The number of aromatic nitrogens is 4. The summed E-state index contributed by atoms with van der Waals surface area (Å²) in [6.07, 6.45) is 0. The summed E-state index contributed by atoms with van der Waals surface area (Å²) < 4.78 is 4.64. The van der Waals surface area contributed by atoms with Crippen molar-refractivity contribution in [1.29, 1.82) is 0 Å². The van der Waals surface area contributed by atoms with E-state index in [0.717, 1.165) is 66.0 Å². The Morgan fingerprint density at radius 2 is 0.839 bits per heavy atom. The summed E-state index contributed by atoms with van der Waals surface area (Å²) in [7, 11) is 0. The van der Waals surface area contributed by atoms with Crippen molar-refractivity contribution in [2.45, 2.75) is 0 Å². The van der Waals surface area contributed by atoms with E-state index in [4.69, 9.17) is 9.97 Å². The molecule has 62 heavy (non-hydrogen) atoms. The first-order valence-electron chi connectivity index (χ1n) is 21.2. The molecule has 0 fully saturated rings. The van der Waals surface area contributed by atoms with Crippen molar-refractivity contribution in [3.8, 4) is 45.1 Å². The van der Waals surface area contributed by atoms with E-state index in [0.29, 0.717) is 5.95 Å². The van der Waals surface area contributed by atoms with E-state index >= 15 is 0 Å². The van der Waals surface area contributed by atoms with Gasteiger partial charge in [-0.3, -0.25) is 4.57 Å². The average Bonchev–Trinajstić information content (AvgIpc) is 3.86. The molecule has 13 aromatic rings. The van der Waals surface area contributed by atoms with Crippen LogP contribution in [-0.2, 0) is 0 Å². The molecule has 0 N–H and O–H groups in total. The molecule has 0 amide bonds. The molecule has 0 aliphatic carbocycles. The summed E-state index contributed by atoms with van der Waals surface area (Å²) in [4.78, 5) is 11.0. The highest BCUT2D eigenvalue weighted by Gasteiger charge is 2.20. The molecule has 288 valence electrons. The van der Waals surface area contributed by atoms with Crippen molar-refractivity contribution < 1.29 is 0 Å². The molecule has 13 rings (SSSR count). The van der Waals surface area contributed by atoms with Gasteiger partial charge in [0, 0.05) is 43.6 Å². The second kappa shape index (κ2) is 13.6. The minimum Gasteiger partial charge on any atom is -0.309 e. The lowest BCUT2D eigenvalue weighted by Gasteiger charge is -2.15. The monoisotopic (exact) mass is 788 g/mol. The Kier molecular flexibility index (Phi) is 7.57. The number of nitrogens with zero attached hydrogens (tertiary/aromatic N) is 4. The predicted molar refractivity (Wildman–Crippen MR) is 260 cm³/mol. The molecule has 0 saturated heterocycles. The molecular formula is C58H36N4. The molecule has 0 spiro atoms. The van der Waals surface area contributed by atoms with Crippen LogP contribution in [0.3, 0.4) is 0 Å². The van der Waals surface area contributed by atoms with Gasteiger partial charge >= 0.3 is 0 Å². The Bertz CT molecular complexity index is 3850. The summed E-state index contributed by atoms with van der Waals surface area (Å²) in [5.41, 5.74) is 13.3. The van der Waals surface area contributed by atoms with Crippen LogP contribution in [0, 0.1) is 0 Å². The molecule has 3 aromatic heterocycles. The normalized spacial score (nSPS) is 11.9. The first kappa shape index (κ1) is 34.5. The third-order valence-electron chi connectivity index (χ3n) is 12.7. The van der Waals surface area contributed by atoms with Crippen LogP contribution in [0.2, 0.25) is 0 Å². The highest BCUT2D eigenvalue weighted by Crippen LogP contribution is 2.40. The number of fused-ring (bicyclic) bond motifs is 10. The van der Waals surface area contributed by atoms with Crippen LogP contribution >= 0.6 is 0 Å². The summed E-state index contributed by atoms with van der Waals surface area (Å²) in [5, 5.41) is 10.5. The lowest BCUT2D eigenvalue weighted by atomic mass is 9.91. The Morgan fingerprint density at radius 1 is 0.306 bits per heavy atom. The number of hydrogen-bond acceptors (Lipinski definition) is 2. The summed E-state index contributed by atoms with van der Waals surface area (Å²) >= 11 is 0. The van der Waals surface area contributed by atoms with Gasteiger partial charge in [-0.1, -0.05) is 176 Å². The molecule has 4 nitrogen and oxygen atoms in total. The number of benzene rings is 10. The van der Waals surface area contributed by atoms with Crippen LogP contribution in [0.15, 0.2) is 218 Å². The summed E-state index contributed by atoms with van der Waals surface area (Å²) in [6, 6.07) is 78.5. The molecule has 0 saturated carbocycles. The van der Waals surface area contributed by atoms with Crippen LogP contribution in [0.4, 0.5) is 0 Å². The number of hydrogen-bond donors (Lipinski definition) is 0. The molecular weight excluding hydrogens is 753 g/mol. The van der Waals surface area contributed by atoms with Gasteiger partial charge in [0.15, 0.2) is 0 Å². The lowest BCUT2D eigenvalue weighted by Crippen LogP contribution is -2.04. The minimum absolute atomic E-state index is 0.644. The van der Waals surface area contributed by atoms with Gasteiger partial charge < -0.3 is 4.57 Å². The van der Waals surface area contributed by atoms with Crippen molar-refractivity contribution >= 4 is 76.1 Å². The summed E-state index contributed by atoms with van der Waals surface area (Å²) in [6.45, 7) is 0. The van der Waals surface area contributed by atoms with Crippen molar-refractivity contribution in [1.82, 2.24) is 19.1 Å². The topological polar surface area (TPSA) is 35.6 Å². The molecule has 0 radical (unpaired) electrons. The fourth-order valence-corrected chi connectivity index (χ4v) is 9.94. The van der Waals surface area contributed by atoms with Crippen LogP contribution < -0.4 is 0 Å². The third-order valence-corrected chi connectivity index (χ3v) is 12.7. The number of rotatable bonds is 5. The Balaban J connectivity index is 1.02. The zero-order chi connectivity index (χ0) is 40.7. The van der Waals surface area contributed by atoms with E-state index in [1.54, 1.807) is 0 Å². The smallest absolute Gasteiger partial charge is 0.235 e. The maximum Gasteiger partial charge on any atom is 0.235 e. The van der Waals surface area contributed by atoms with Crippen molar-refractivity contribution in [2.24, 2.45) is 0 Å². The second-order valence-corrected chi connectivity index (χ2v) is 16.1. The quantitative estimate of drug-likeness (QED) is 0.163. The van der Waals surface area contributed by atoms with Gasteiger partial charge in [-0.25, -0.2) is 9.97 Å². The Hall–Kier alpha value is -8.34. The Morgan fingerprint density at radius 3 is 1.53 bits per heavy atom. The predicted octanol–water partition coefficient (Wildman–Crippen LogP) is 15.1. The van der Waals surface area contributed by atoms with E-state index in [-0.39, 0.29) is 0 Å². The standard InChI is InChI=1S/C58H36N4/c1-2-14-37(15-3-1)43-23-12-17-40-18-13-24-44(55(40)43)39-28-30-41(31-29-39)56-49-34-32-38-16-4-5-19-45(38)57(49)60-58(59-56)62-53-27-11-8-22-48(53)50-36-42(33-35-54(50)62)61-51-25-9-6-20-46(51)47-21-7-10-26-52(47)61/h1-36H. The van der Waals surface area contributed by atoms with Gasteiger partial charge in [-0.2, -0.15) is 0 Å². The van der Waals surface area contributed by atoms with E-state index in [1.807, 2.05) is 0 Å². The van der Waals surface area contributed by atoms with Crippen molar-refractivity contribution in [2.75, 3.05) is 0 Å². The molecule has 0 aliphatic heterocycles. The maximum atomic E-state index is 5.53. The van der Waals surface area contributed by atoms with E-state index in [1.165, 1.54) is 49.3 Å². The zero-order valence-electron chi connectivity index (χ0n) is 33.6. The molecule has 0 atom stereocenters. The molecule has 0 aliphatic rings. The van der Waals surface area contributed by atoms with Crippen LogP contribution in [0.25, 0.3) is 121 Å². The van der Waals surface area contributed by atoms with Gasteiger partial charge in [-0.05, 0) is 80.9 Å². The largest absolute Gasteiger partial charge is 0.309 e. The first-order chi connectivity index (χ1) is 30.8. The van der Waals surface area contributed by atoms with Crippen molar-refractivity contribution in [3.63, 3.8) is 0 Å². The third kappa shape index (κ3) is 5.20. The lowest BCUT2D eigenvalue weighted by molar-refractivity contribution is 1.01. The zero-order valence-corrected chi connectivity index (χ0v) is 33.6. The van der Waals surface area contributed by atoms with Crippen LogP contribution in [0.1, 0.15) is 0 Å². The van der Waals surface area contributed by atoms with Gasteiger partial charge in [-0.15, -0.1) is 0 Å². The van der Waals surface area contributed by atoms with Gasteiger partial charge in [0.1, 0.15) is 0 Å². The Labute approximate surface area is 357 Å². The minimum atomic E-state index is 0.644. The molecule has 10 aromatic carbocycles. The first-order valence-corrected chi connectivity index (χ1v) is 21.2. The van der Waals surface area contributed by atoms with E-state index < -0.39 is 0 Å². The maximum absolute atomic E-state index is 5.53. The fourth-order valence-electron chi connectivity index (χ4n) is 9.94.